The number of piperidine rings is 1. The molecule has 174 valence electrons. The van der Waals surface area contributed by atoms with E-state index in [1.54, 1.807) is 19.0 Å². The zero-order chi connectivity index (χ0) is 23.7. The van der Waals surface area contributed by atoms with Gasteiger partial charge in [-0.05, 0) is 24.1 Å². The summed E-state index contributed by atoms with van der Waals surface area (Å²) in [7, 11) is 3.20. The van der Waals surface area contributed by atoms with Crippen LogP contribution in [-0.4, -0.2) is 71.3 Å². The van der Waals surface area contributed by atoms with Gasteiger partial charge in [0.05, 0.1) is 18.5 Å². The van der Waals surface area contributed by atoms with E-state index >= 15 is 4.39 Å². The van der Waals surface area contributed by atoms with Crippen LogP contribution in [0.2, 0.25) is 0 Å². The molecule has 2 aromatic rings. The molecule has 1 aromatic carbocycles. The third kappa shape index (κ3) is 4.67. The average molecular weight is 460 g/mol. The summed E-state index contributed by atoms with van der Waals surface area (Å²) in [5.41, 5.74) is 0.459. The Labute approximate surface area is 188 Å². The Hall–Kier alpha value is -3.50. The molecule has 0 radical (unpaired) electrons. The molecule has 1 fully saturated rings. The lowest BCUT2D eigenvalue weighted by Crippen LogP contribution is -2.48. The maximum atomic E-state index is 15.2. The van der Waals surface area contributed by atoms with E-state index in [4.69, 9.17) is 0 Å². The molecule has 0 saturated carbocycles. The van der Waals surface area contributed by atoms with Gasteiger partial charge < -0.3 is 9.80 Å². The van der Waals surface area contributed by atoms with Crippen LogP contribution in [-0.2, 0) is 4.79 Å². The zero-order valence-corrected chi connectivity index (χ0v) is 18.2. The third-order valence-corrected chi connectivity index (χ3v) is 5.79. The third-order valence-electron chi connectivity index (χ3n) is 5.79. The molecule has 1 aromatic heterocycles. The molecule has 11 heteroatoms. The van der Waals surface area contributed by atoms with E-state index in [0.29, 0.717) is 12.4 Å². The summed E-state index contributed by atoms with van der Waals surface area (Å²) >= 11 is 0. The summed E-state index contributed by atoms with van der Waals surface area (Å²) in [6, 6.07) is 3.87. The van der Waals surface area contributed by atoms with Crippen LogP contribution in [0.1, 0.15) is 34.9 Å². The van der Waals surface area contributed by atoms with Gasteiger partial charge in [0, 0.05) is 45.4 Å². The summed E-state index contributed by atoms with van der Waals surface area (Å²) in [4.78, 5) is 36.4. The number of halogens is 3. The van der Waals surface area contributed by atoms with Gasteiger partial charge in [-0.1, -0.05) is 0 Å². The number of benzene rings is 1. The molecule has 1 saturated heterocycles. The quantitative estimate of drug-likeness (QED) is 0.701. The number of alkyl halides is 1. The van der Waals surface area contributed by atoms with E-state index in [9.17, 15) is 18.4 Å². The van der Waals surface area contributed by atoms with Crippen molar-refractivity contribution in [1.82, 2.24) is 19.9 Å². The minimum atomic E-state index is -1.52. The molecule has 2 aliphatic heterocycles. The van der Waals surface area contributed by atoms with Gasteiger partial charge in [0.1, 0.15) is 35.6 Å². The normalized spacial score (nSPS) is 22.5. The van der Waals surface area contributed by atoms with E-state index in [1.165, 1.54) is 23.5 Å². The van der Waals surface area contributed by atoms with Crippen LogP contribution in [0.5, 0.6) is 0 Å². The predicted molar refractivity (Wildman–Crippen MR) is 114 cm³/mol. The van der Waals surface area contributed by atoms with Crippen molar-refractivity contribution in [3.8, 4) is 0 Å². The molecule has 3 atom stereocenters. The summed E-state index contributed by atoms with van der Waals surface area (Å²) < 4.78 is 42.5. The largest absolute Gasteiger partial charge is 0.354 e. The maximum Gasteiger partial charge on any atom is 0.272 e. The minimum Gasteiger partial charge on any atom is -0.354 e. The van der Waals surface area contributed by atoms with Gasteiger partial charge in [-0.2, -0.15) is 5.10 Å². The molecule has 8 nitrogen and oxygen atoms in total. The number of aromatic nitrogens is 2. The van der Waals surface area contributed by atoms with Crippen molar-refractivity contribution >= 4 is 23.8 Å². The molecule has 2 amide bonds. The number of anilines is 1. The Bertz CT molecular complexity index is 1080. The molecule has 3 heterocycles. The number of hydrazone groups is 1. The lowest BCUT2D eigenvalue weighted by atomic mass is 9.92. The number of carbonyl (C=O) groups excluding carboxylic acids is 2. The van der Waals surface area contributed by atoms with Gasteiger partial charge in [0.2, 0.25) is 5.91 Å². The second-order valence-electron chi connectivity index (χ2n) is 8.25. The SMILES string of the molecule is CN(C)C(=O)c1cc(N2CCC(C(=O)N3N=CCC3c3cc(F)cc(F)c3)C(F)C2)ncn1. The molecule has 0 spiro atoms. The predicted octanol–water partition coefficient (Wildman–Crippen LogP) is 2.58. The summed E-state index contributed by atoms with van der Waals surface area (Å²) in [5.74, 6) is -2.89. The zero-order valence-electron chi connectivity index (χ0n) is 18.2. The molecule has 4 rings (SSSR count). The van der Waals surface area contributed by atoms with Gasteiger partial charge in [-0.3, -0.25) is 9.59 Å². The minimum absolute atomic E-state index is 0.0974. The molecule has 2 aliphatic rings. The fourth-order valence-electron chi connectivity index (χ4n) is 4.10. The summed E-state index contributed by atoms with van der Waals surface area (Å²) in [6.45, 7) is 0.236. The molecular formula is C22H23F3N6O2. The Morgan fingerprint density at radius 3 is 2.48 bits per heavy atom. The molecule has 0 aliphatic carbocycles. The fourth-order valence-corrected chi connectivity index (χ4v) is 4.10. The first-order chi connectivity index (χ1) is 15.7. The lowest BCUT2D eigenvalue weighted by molar-refractivity contribution is -0.140. The van der Waals surface area contributed by atoms with Crippen molar-refractivity contribution < 1.29 is 22.8 Å². The van der Waals surface area contributed by atoms with Crippen molar-refractivity contribution in [3.63, 3.8) is 0 Å². The number of nitrogens with zero attached hydrogens (tertiary/aromatic N) is 6. The van der Waals surface area contributed by atoms with Crippen LogP contribution in [0.15, 0.2) is 35.7 Å². The van der Waals surface area contributed by atoms with Crippen molar-refractivity contribution in [2.24, 2.45) is 11.0 Å². The maximum absolute atomic E-state index is 15.2. The molecular weight excluding hydrogens is 437 g/mol. The molecule has 0 bridgehead atoms. The monoisotopic (exact) mass is 460 g/mol. The van der Waals surface area contributed by atoms with Crippen LogP contribution in [0.25, 0.3) is 0 Å². The van der Waals surface area contributed by atoms with Crippen molar-refractivity contribution in [2.75, 3.05) is 32.1 Å². The van der Waals surface area contributed by atoms with Gasteiger partial charge in [-0.15, -0.1) is 0 Å². The molecule has 33 heavy (non-hydrogen) atoms. The molecule has 0 N–H and O–H groups in total. The smallest absolute Gasteiger partial charge is 0.272 e. The number of amides is 2. The van der Waals surface area contributed by atoms with Crippen LogP contribution < -0.4 is 4.90 Å². The number of carbonyl (C=O) groups is 2. The van der Waals surface area contributed by atoms with Crippen LogP contribution >= 0.6 is 0 Å². The van der Waals surface area contributed by atoms with E-state index in [0.717, 1.165) is 23.2 Å². The van der Waals surface area contributed by atoms with E-state index in [1.807, 2.05) is 0 Å². The first kappa shape index (κ1) is 22.7. The van der Waals surface area contributed by atoms with Gasteiger partial charge in [-0.25, -0.2) is 28.1 Å². The topological polar surface area (TPSA) is 82.0 Å². The highest BCUT2D eigenvalue weighted by molar-refractivity contribution is 5.92. The van der Waals surface area contributed by atoms with Crippen LogP contribution in [0.4, 0.5) is 19.0 Å². The number of hydrogen-bond donors (Lipinski definition) is 0. The van der Waals surface area contributed by atoms with Crippen LogP contribution in [0.3, 0.4) is 0 Å². The van der Waals surface area contributed by atoms with Gasteiger partial charge in [0.25, 0.3) is 5.91 Å². The number of rotatable bonds is 4. The standard InChI is InChI=1S/C22H23F3N6O2/c1-29(2)22(33)18-10-20(27-12-26-18)30-6-4-16(17(25)11-30)21(32)31-19(3-5-28-31)13-7-14(23)9-15(24)8-13/h5,7-10,12,16-17,19H,3-4,6,11H2,1-2H3. The Morgan fingerprint density at radius 2 is 1.82 bits per heavy atom. The van der Waals surface area contributed by atoms with Crippen molar-refractivity contribution in [3.05, 3.63) is 53.5 Å². The fraction of sp³-hybridized carbons (Fsp3) is 0.409. The highest BCUT2D eigenvalue weighted by Crippen LogP contribution is 2.34. The average Bonchev–Trinajstić information content (AvgIpc) is 3.27. The second-order valence-corrected chi connectivity index (χ2v) is 8.25. The summed E-state index contributed by atoms with van der Waals surface area (Å²) in [6.07, 6.45) is 1.69. The Kier molecular flexibility index (Phi) is 6.30. The van der Waals surface area contributed by atoms with Gasteiger partial charge >= 0.3 is 0 Å². The highest BCUT2D eigenvalue weighted by Gasteiger charge is 2.40. The Balaban J connectivity index is 1.47. The van der Waals surface area contributed by atoms with Crippen molar-refractivity contribution in [1.29, 1.82) is 0 Å². The van der Waals surface area contributed by atoms with E-state index in [-0.39, 0.29) is 36.6 Å². The Morgan fingerprint density at radius 1 is 1.09 bits per heavy atom. The second kappa shape index (κ2) is 9.16. The number of hydrogen-bond acceptors (Lipinski definition) is 6. The summed E-state index contributed by atoms with van der Waals surface area (Å²) in [5, 5.41) is 5.18. The van der Waals surface area contributed by atoms with Crippen molar-refractivity contribution in [2.45, 2.75) is 25.1 Å². The van der Waals surface area contributed by atoms with Gasteiger partial charge in [0.15, 0.2) is 0 Å². The van der Waals surface area contributed by atoms with Crippen LogP contribution in [0, 0.1) is 17.6 Å². The lowest BCUT2D eigenvalue weighted by Gasteiger charge is -2.36. The molecule has 3 unspecified atom stereocenters. The van der Waals surface area contributed by atoms with E-state index in [2.05, 4.69) is 15.1 Å². The highest BCUT2D eigenvalue weighted by atomic mass is 19.1. The van der Waals surface area contributed by atoms with E-state index < -0.39 is 35.7 Å². The first-order valence-corrected chi connectivity index (χ1v) is 10.5. The first-order valence-electron chi connectivity index (χ1n) is 10.5.